The molecule has 5 aromatic rings. The average molecular weight is 579 g/mol. The summed E-state index contributed by atoms with van der Waals surface area (Å²) in [6.07, 6.45) is 0. The van der Waals surface area contributed by atoms with Gasteiger partial charge in [0.1, 0.15) is 5.75 Å². The minimum absolute atomic E-state index is 0.00628. The number of nitrogens with two attached hydrogens (primary N) is 2. The summed E-state index contributed by atoms with van der Waals surface area (Å²) in [5, 5.41) is 15.9. The van der Waals surface area contributed by atoms with Gasteiger partial charge in [-0.25, -0.2) is 0 Å². The second-order valence-corrected chi connectivity index (χ2v) is 11.3. The number of carbonyl (C=O) groups excluding carboxylic acids is 2. The molecule has 0 saturated heterocycles. The number of hydrogen-bond donors (Lipinski definition) is 5. The third-order valence-corrected chi connectivity index (χ3v) is 7.99. The van der Waals surface area contributed by atoms with Crippen LogP contribution in [0.4, 0.5) is 22.7 Å². The number of amides is 2. The van der Waals surface area contributed by atoms with E-state index < -0.39 is 11.8 Å². The van der Waals surface area contributed by atoms with E-state index in [0.717, 1.165) is 19.6 Å². The van der Waals surface area contributed by atoms with Crippen LogP contribution < -0.4 is 22.1 Å². The normalized spacial score (nSPS) is 10.6. The standard InChI is InChI=1S/C32H26N4O3S2/c33-21-2-10-25(11-3-21)40-27-14-6-23(7-15-27)35-31(38)20-1-18-30(37)29(19-20)32(39)36-24-8-16-28(17-9-24)41-26-12-4-22(34)5-13-26/h1-19,37H,33-34H2,(H,35,38)(H,36,39). The monoisotopic (exact) mass is 578 g/mol. The highest BCUT2D eigenvalue weighted by Crippen LogP contribution is 2.31. The van der Waals surface area contributed by atoms with Crippen LogP contribution in [0.3, 0.4) is 0 Å². The molecule has 41 heavy (non-hydrogen) atoms. The second kappa shape index (κ2) is 12.5. The van der Waals surface area contributed by atoms with Gasteiger partial charge < -0.3 is 27.2 Å². The molecule has 0 spiro atoms. The van der Waals surface area contributed by atoms with Gasteiger partial charge in [-0.3, -0.25) is 9.59 Å². The van der Waals surface area contributed by atoms with Gasteiger partial charge in [0.15, 0.2) is 0 Å². The smallest absolute Gasteiger partial charge is 0.259 e. The maximum Gasteiger partial charge on any atom is 0.259 e. The lowest BCUT2D eigenvalue weighted by Gasteiger charge is -2.11. The molecule has 0 aliphatic carbocycles. The fourth-order valence-electron chi connectivity index (χ4n) is 3.82. The third kappa shape index (κ3) is 7.42. The Balaban J connectivity index is 1.20. The van der Waals surface area contributed by atoms with Gasteiger partial charge in [-0.05, 0) is 115 Å². The molecule has 0 unspecified atom stereocenters. The van der Waals surface area contributed by atoms with Crippen LogP contribution in [0.2, 0.25) is 0 Å². The first-order chi connectivity index (χ1) is 19.8. The maximum absolute atomic E-state index is 13.0. The molecule has 0 atom stereocenters. The molecular weight excluding hydrogens is 553 g/mol. The van der Waals surface area contributed by atoms with E-state index in [1.54, 1.807) is 47.8 Å². The van der Waals surface area contributed by atoms with Gasteiger partial charge in [0, 0.05) is 47.9 Å². The van der Waals surface area contributed by atoms with Crippen molar-refractivity contribution in [1.29, 1.82) is 0 Å². The SMILES string of the molecule is Nc1ccc(Sc2ccc(NC(=O)c3ccc(O)c(C(=O)Nc4ccc(Sc5ccc(N)cc5)cc4)c3)cc2)cc1. The summed E-state index contributed by atoms with van der Waals surface area (Å²) < 4.78 is 0. The van der Waals surface area contributed by atoms with E-state index in [2.05, 4.69) is 10.6 Å². The number of phenols is 1. The number of aromatic hydroxyl groups is 1. The lowest BCUT2D eigenvalue weighted by molar-refractivity contribution is 0.102. The fraction of sp³-hybridized carbons (Fsp3) is 0. The van der Waals surface area contributed by atoms with Crippen LogP contribution in [0.25, 0.3) is 0 Å². The highest BCUT2D eigenvalue weighted by molar-refractivity contribution is 7.99. The van der Waals surface area contributed by atoms with Crippen molar-refractivity contribution >= 4 is 58.1 Å². The Morgan fingerprint density at radius 1 is 0.537 bits per heavy atom. The molecule has 9 heteroatoms. The Bertz CT molecular complexity index is 1670. The van der Waals surface area contributed by atoms with Crippen molar-refractivity contribution in [3.63, 3.8) is 0 Å². The first kappa shape index (κ1) is 27.7. The van der Waals surface area contributed by atoms with Crippen LogP contribution in [-0.4, -0.2) is 16.9 Å². The van der Waals surface area contributed by atoms with Crippen molar-refractivity contribution in [3.05, 3.63) is 126 Å². The summed E-state index contributed by atoms with van der Waals surface area (Å²) in [5.74, 6) is -1.15. The minimum atomic E-state index is -0.528. The van der Waals surface area contributed by atoms with Crippen LogP contribution in [0.5, 0.6) is 5.75 Å². The summed E-state index contributed by atoms with van der Waals surface area (Å²) in [5.41, 5.74) is 14.3. The van der Waals surface area contributed by atoms with Gasteiger partial charge in [0.05, 0.1) is 5.56 Å². The van der Waals surface area contributed by atoms with E-state index in [4.69, 9.17) is 11.5 Å². The van der Waals surface area contributed by atoms with Gasteiger partial charge in [-0.2, -0.15) is 0 Å². The molecule has 0 aliphatic rings. The fourth-order valence-corrected chi connectivity index (χ4v) is 5.45. The molecule has 7 N–H and O–H groups in total. The highest BCUT2D eigenvalue weighted by atomic mass is 32.2. The minimum Gasteiger partial charge on any atom is -0.507 e. The van der Waals surface area contributed by atoms with Crippen LogP contribution in [-0.2, 0) is 0 Å². The number of carbonyl (C=O) groups is 2. The molecular formula is C32H26N4O3S2. The van der Waals surface area contributed by atoms with Gasteiger partial charge in [-0.15, -0.1) is 0 Å². The molecule has 0 radical (unpaired) electrons. The molecule has 0 aromatic heterocycles. The van der Waals surface area contributed by atoms with Gasteiger partial charge in [-0.1, -0.05) is 23.5 Å². The molecule has 0 bridgehead atoms. The topological polar surface area (TPSA) is 130 Å². The number of nitrogens with one attached hydrogen (secondary N) is 2. The zero-order valence-electron chi connectivity index (χ0n) is 21.7. The van der Waals surface area contributed by atoms with Crippen molar-refractivity contribution in [2.75, 3.05) is 22.1 Å². The lowest BCUT2D eigenvalue weighted by atomic mass is 10.1. The summed E-state index contributed by atoms with van der Waals surface area (Å²) in [7, 11) is 0. The zero-order valence-corrected chi connectivity index (χ0v) is 23.3. The van der Waals surface area contributed by atoms with Gasteiger partial charge >= 0.3 is 0 Å². The molecule has 0 saturated carbocycles. The van der Waals surface area contributed by atoms with Crippen molar-refractivity contribution in [1.82, 2.24) is 0 Å². The highest BCUT2D eigenvalue weighted by Gasteiger charge is 2.16. The predicted molar refractivity (Wildman–Crippen MR) is 167 cm³/mol. The summed E-state index contributed by atoms with van der Waals surface area (Å²) >= 11 is 3.15. The number of nitrogen functional groups attached to an aromatic ring is 2. The molecule has 5 aromatic carbocycles. The van der Waals surface area contributed by atoms with Crippen LogP contribution in [0, 0.1) is 0 Å². The Morgan fingerprint density at radius 2 is 0.927 bits per heavy atom. The third-order valence-electron chi connectivity index (χ3n) is 5.96. The molecule has 2 amide bonds. The molecule has 0 fully saturated rings. The Morgan fingerprint density at radius 3 is 1.37 bits per heavy atom. The number of benzene rings is 5. The summed E-state index contributed by atoms with van der Waals surface area (Å²) in [6.45, 7) is 0. The lowest BCUT2D eigenvalue weighted by Crippen LogP contribution is -2.15. The number of phenolic OH excluding ortho intramolecular Hbond substituents is 1. The zero-order chi connectivity index (χ0) is 28.8. The van der Waals surface area contributed by atoms with E-state index in [1.807, 2.05) is 72.8 Å². The van der Waals surface area contributed by atoms with Crippen LogP contribution in [0.1, 0.15) is 20.7 Å². The molecule has 0 heterocycles. The summed E-state index contributed by atoms with van der Waals surface area (Å²) in [6, 6.07) is 34.1. The quantitative estimate of drug-likeness (QED) is 0.122. The maximum atomic E-state index is 13.0. The summed E-state index contributed by atoms with van der Waals surface area (Å²) in [4.78, 5) is 30.0. The molecule has 5 rings (SSSR count). The molecule has 0 aliphatic heterocycles. The van der Waals surface area contributed by atoms with E-state index in [9.17, 15) is 14.7 Å². The number of hydrogen-bond acceptors (Lipinski definition) is 7. The Labute approximate surface area is 246 Å². The number of anilines is 4. The molecule has 7 nitrogen and oxygen atoms in total. The van der Waals surface area contributed by atoms with Crippen molar-refractivity contribution in [3.8, 4) is 5.75 Å². The second-order valence-electron chi connectivity index (χ2n) is 9.03. The first-order valence-corrected chi connectivity index (χ1v) is 14.2. The Hall–Kier alpha value is -4.86. The Kier molecular flexibility index (Phi) is 8.47. The average Bonchev–Trinajstić information content (AvgIpc) is 2.97. The number of rotatable bonds is 8. The van der Waals surface area contributed by atoms with Crippen LogP contribution >= 0.6 is 23.5 Å². The van der Waals surface area contributed by atoms with Gasteiger partial charge in [0.25, 0.3) is 11.8 Å². The molecule has 204 valence electrons. The van der Waals surface area contributed by atoms with E-state index in [1.165, 1.54) is 18.2 Å². The van der Waals surface area contributed by atoms with Crippen LogP contribution in [0.15, 0.2) is 135 Å². The van der Waals surface area contributed by atoms with Crippen molar-refractivity contribution in [2.45, 2.75) is 19.6 Å². The van der Waals surface area contributed by atoms with Crippen molar-refractivity contribution < 1.29 is 14.7 Å². The van der Waals surface area contributed by atoms with E-state index in [0.29, 0.717) is 22.7 Å². The largest absolute Gasteiger partial charge is 0.507 e. The predicted octanol–water partition coefficient (Wildman–Crippen LogP) is 7.36. The van der Waals surface area contributed by atoms with E-state index in [-0.39, 0.29) is 16.9 Å². The van der Waals surface area contributed by atoms with E-state index >= 15 is 0 Å². The van der Waals surface area contributed by atoms with Crippen molar-refractivity contribution in [2.24, 2.45) is 0 Å². The first-order valence-electron chi connectivity index (χ1n) is 12.5. The van der Waals surface area contributed by atoms with Gasteiger partial charge in [0.2, 0.25) is 0 Å².